The minimum absolute atomic E-state index is 0.129. The number of hydrogen-bond donors (Lipinski definition) is 1. The molecule has 1 aromatic rings. The highest BCUT2D eigenvalue weighted by atomic mass is 32.2. The molecule has 0 saturated carbocycles. The van der Waals surface area contributed by atoms with E-state index in [-0.39, 0.29) is 6.03 Å². The number of benzene rings is 1. The average molecular weight is 369 g/mol. The van der Waals surface area contributed by atoms with Crippen LogP contribution in [0.2, 0.25) is 0 Å². The van der Waals surface area contributed by atoms with E-state index < -0.39 is 10.0 Å². The van der Waals surface area contributed by atoms with Crippen molar-refractivity contribution in [3.05, 3.63) is 23.3 Å². The fourth-order valence-electron chi connectivity index (χ4n) is 2.88. The number of carbonyl (C=O) groups excluding carboxylic acids is 1. The van der Waals surface area contributed by atoms with Crippen LogP contribution in [0.3, 0.4) is 0 Å². The first-order chi connectivity index (χ1) is 11.8. The first kappa shape index (κ1) is 19.5. The minimum atomic E-state index is -3.59. The number of sulfonamides is 1. The van der Waals surface area contributed by atoms with Gasteiger partial charge in [0.15, 0.2) is 0 Å². The summed E-state index contributed by atoms with van der Waals surface area (Å²) in [4.78, 5) is 13.9. The molecule has 2 rings (SSSR count). The number of rotatable bonds is 5. The summed E-state index contributed by atoms with van der Waals surface area (Å²) in [5, 5.41) is 2.82. The van der Waals surface area contributed by atoms with Crippen molar-refractivity contribution in [1.82, 2.24) is 14.5 Å². The summed E-state index contributed by atoms with van der Waals surface area (Å²) >= 11 is 0. The number of urea groups is 1. The van der Waals surface area contributed by atoms with E-state index >= 15 is 0 Å². The Balaban J connectivity index is 2.12. The van der Waals surface area contributed by atoms with Crippen molar-refractivity contribution in [2.45, 2.75) is 32.1 Å². The SMILES string of the molecule is CCCNC(=O)N1CCN(S(=O)(=O)c2cc(C)c(OC)cc2C)CC1. The molecule has 1 aliphatic heterocycles. The lowest BCUT2D eigenvalue weighted by atomic mass is 10.1. The molecule has 8 heteroatoms. The number of aryl methyl sites for hydroxylation is 2. The van der Waals surface area contributed by atoms with Gasteiger partial charge in [-0.3, -0.25) is 0 Å². The lowest BCUT2D eigenvalue weighted by Gasteiger charge is -2.34. The Kier molecular flexibility index (Phi) is 6.29. The molecule has 1 heterocycles. The van der Waals surface area contributed by atoms with Crippen molar-refractivity contribution in [3.63, 3.8) is 0 Å². The zero-order valence-corrected chi connectivity index (χ0v) is 16.1. The number of amides is 2. The highest BCUT2D eigenvalue weighted by Gasteiger charge is 2.31. The van der Waals surface area contributed by atoms with E-state index in [0.717, 1.165) is 12.0 Å². The molecule has 25 heavy (non-hydrogen) atoms. The number of nitrogens with one attached hydrogen (secondary N) is 1. The molecule has 1 N–H and O–H groups in total. The van der Waals surface area contributed by atoms with Gasteiger partial charge >= 0.3 is 6.03 Å². The van der Waals surface area contributed by atoms with Crippen molar-refractivity contribution in [3.8, 4) is 5.75 Å². The van der Waals surface area contributed by atoms with Gasteiger partial charge in [-0.05, 0) is 43.5 Å². The maximum Gasteiger partial charge on any atom is 0.317 e. The summed E-state index contributed by atoms with van der Waals surface area (Å²) in [6, 6.07) is 3.27. The van der Waals surface area contributed by atoms with Crippen molar-refractivity contribution in [2.75, 3.05) is 39.8 Å². The second-order valence-corrected chi connectivity index (χ2v) is 8.12. The summed E-state index contributed by atoms with van der Waals surface area (Å²) in [5.74, 6) is 0.675. The monoisotopic (exact) mass is 369 g/mol. The zero-order valence-electron chi connectivity index (χ0n) is 15.3. The molecule has 0 bridgehead atoms. The van der Waals surface area contributed by atoms with Gasteiger partial charge in [-0.25, -0.2) is 13.2 Å². The molecule has 0 aliphatic carbocycles. The van der Waals surface area contributed by atoms with E-state index in [0.29, 0.717) is 48.9 Å². The van der Waals surface area contributed by atoms with Gasteiger partial charge in [0.2, 0.25) is 10.0 Å². The van der Waals surface area contributed by atoms with Gasteiger partial charge in [-0.15, -0.1) is 0 Å². The average Bonchev–Trinajstić information content (AvgIpc) is 2.61. The largest absolute Gasteiger partial charge is 0.496 e. The van der Waals surface area contributed by atoms with Crippen molar-refractivity contribution < 1.29 is 17.9 Å². The van der Waals surface area contributed by atoms with E-state index in [4.69, 9.17) is 4.74 Å². The Morgan fingerprint density at radius 1 is 1.16 bits per heavy atom. The maximum atomic E-state index is 13.0. The third kappa shape index (κ3) is 4.24. The molecule has 0 unspecified atom stereocenters. The standard InChI is InChI=1S/C17H27N3O4S/c1-5-6-18-17(21)19-7-9-20(10-8-19)25(22,23)16-12-13(2)15(24-4)11-14(16)3/h11-12H,5-10H2,1-4H3,(H,18,21). The third-order valence-corrected chi connectivity index (χ3v) is 6.40. The van der Waals surface area contributed by atoms with Gasteiger partial charge < -0.3 is 15.0 Å². The molecule has 2 amide bonds. The molecular formula is C17H27N3O4S. The summed E-state index contributed by atoms with van der Waals surface area (Å²) in [5.41, 5.74) is 1.44. The Morgan fingerprint density at radius 2 is 1.80 bits per heavy atom. The number of methoxy groups -OCH3 is 1. The normalized spacial score (nSPS) is 15.9. The molecule has 1 fully saturated rings. The van der Waals surface area contributed by atoms with Crippen LogP contribution >= 0.6 is 0 Å². The van der Waals surface area contributed by atoms with Crippen LogP contribution in [0.4, 0.5) is 4.79 Å². The van der Waals surface area contributed by atoms with Crippen LogP contribution in [0.15, 0.2) is 17.0 Å². The number of nitrogens with zero attached hydrogens (tertiary/aromatic N) is 2. The molecule has 0 radical (unpaired) electrons. The molecule has 140 valence electrons. The molecule has 0 aromatic heterocycles. The number of ether oxygens (including phenoxy) is 1. The van der Waals surface area contributed by atoms with Crippen LogP contribution in [0.1, 0.15) is 24.5 Å². The first-order valence-electron chi connectivity index (χ1n) is 8.49. The van der Waals surface area contributed by atoms with Crippen LogP contribution in [0, 0.1) is 13.8 Å². The molecule has 0 atom stereocenters. The highest BCUT2D eigenvalue weighted by Crippen LogP contribution is 2.28. The van der Waals surface area contributed by atoms with Gasteiger partial charge in [0.05, 0.1) is 12.0 Å². The van der Waals surface area contributed by atoms with E-state index in [1.54, 1.807) is 31.1 Å². The Bertz CT molecular complexity index is 726. The van der Waals surface area contributed by atoms with Crippen LogP contribution in [0.5, 0.6) is 5.75 Å². The van der Waals surface area contributed by atoms with Crippen LogP contribution < -0.4 is 10.1 Å². The fourth-order valence-corrected chi connectivity index (χ4v) is 4.59. The van der Waals surface area contributed by atoms with Gasteiger partial charge in [0, 0.05) is 32.7 Å². The third-order valence-electron chi connectivity index (χ3n) is 4.36. The van der Waals surface area contributed by atoms with E-state index in [1.165, 1.54) is 4.31 Å². The molecular weight excluding hydrogens is 342 g/mol. The second-order valence-electron chi connectivity index (χ2n) is 6.21. The quantitative estimate of drug-likeness (QED) is 0.857. The highest BCUT2D eigenvalue weighted by molar-refractivity contribution is 7.89. The van der Waals surface area contributed by atoms with E-state index in [9.17, 15) is 13.2 Å². The van der Waals surface area contributed by atoms with E-state index in [2.05, 4.69) is 5.32 Å². The van der Waals surface area contributed by atoms with Crippen molar-refractivity contribution >= 4 is 16.1 Å². The minimum Gasteiger partial charge on any atom is -0.496 e. The summed E-state index contributed by atoms with van der Waals surface area (Å²) in [6.45, 7) is 7.59. The van der Waals surface area contributed by atoms with Crippen LogP contribution in [-0.2, 0) is 10.0 Å². The molecule has 1 aromatic carbocycles. The molecule has 7 nitrogen and oxygen atoms in total. The Hall–Kier alpha value is -1.80. The number of carbonyl (C=O) groups is 1. The van der Waals surface area contributed by atoms with E-state index in [1.807, 2.05) is 13.8 Å². The van der Waals surface area contributed by atoms with Gasteiger partial charge in [0.25, 0.3) is 0 Å². The number of hydrogen-bond acceptors (Lipinski definition) is 4. The van der Waals surface area contributed by atoms with Crippen LogP contribution in [0.25, 0.3) is 0 Å². The summed E-state index contributed by atoms with van der Waals surface area (Å²) in [6.07, 6.45) is 0.871. The topological polar surface area (TPSA) is 79.0 Å². The van der Waals surface area contributed by atoms with Gasteiger partial charge in [-0.2, -0.15) is 4.31 Å². The molecule has 1 aliphatic rings. The second kappa shape index (κ2) is 8.05. The fraction of sp³-hybridized carbons (Fsp3) is 0.588. The summed E-state index contributed by atoms with van der Waals surface area (Å²) < 4.78 is 32.7. The zero-order chi connectivity index (χ0) is 18.6. The Morgan fingerprint density at radius 3 is 2.36 bits per heavy atom. The maximum absolute atomic E-state index is 13.0. The van der Waals surface area contributed by atoms with Gasteiger partial charge in [-0.1, -0.05) is 6.92 Å². The molecule has 0 spiro atoms. The predicted molar refractivity (Wildman–Crippen MR) is 96.5 cm³/mol. The van der Waals surface area contributed by atoms with Crippen molar-refractivity contribution in [1.29, 1.82) is 0 Å². The Labute approximate surface area is 150 Å². The van der Waals surface area contributed by atoms with Crippen LogP contribution in [-0.4, -0.2) is 63.5 Å². The first-order valence-corrected chi connectivity index (χ1v) is 9.93. The lowest BCUT2D eigenvalue weighted by molar-refractivity contribution is 0.172. The number of piperazine rings is 1. The van der Waals surface area contributed by atoms with Gasteiger partial charge in [0.1, 0.15) is 5.75 Å². The molecule has 1 saturated heterocycles. The smallest absolute Gasteiger partial charge is 0.317 e. The lowest BCUT2D eigenvalue weighted by Crippen LogP contribution is -2.53. The van der Waals surface area contributed by atoms with Crippen molar-refractivity contribution in [2.24, 2.45) is 0 Å². The summed E-state index contributed by atoms with van der Waals surface area (Å²) in [7, 11) is -2.02. The predicted octanol–water partition coefficient (Wildman–Crippen LogP) is 1.74.